The summed E-state index contributed by atoms with van der Waals surface area (Å²) >= 11 is 0. The van der Waals surface area contributed by atoms with Gasteiger partial charge in [-0.2, -0.15) is 0 Å². The van der Waals surface area contributed by atoms with Gasteiger partial charge in [-0.1, -0.05) is 60.8 Å². The Hall–Kier alpha value is 0. The lowest BCUT2D eigenvalue weighted by atomic mass is 9.79. The van der Waals surface area contributed by atoms with Gasteiger partial charge in [-0.25, -0.2) is 0 Å². The van der Waals surface area contributed by atoms with E-state index in [4.69, 9.17) is 0 Å². The number of hydrogen-bond donors (Lipinski definition) is 0. The lowest BCUT2D eigenvalue weighted by Gasteiger charge is -2.26. The van der Waals surface area contributed by atoms with E-state index in [9.17, 15) is 0 Å². The van der Waals surface area contributed by atoms with Crippen molar-refractivity contribution in [1.82, 2.24) is 0 Å². The van der Waals surface area contributed by atoms with Crippen molar-refractivity contribution in [2.75, 3.05) is 0 Å². The minimum Gasteiger partial charge on any atom is -0.0654 e. The van der Waals surface area contributed by atoms with Crippen LogP contribution in [0.5, 0.6) is 0 Å². The van der Waals surface area contributed by atoms with Gasteiger partial charge in [0, 0.05) is 0 Å². The minimum absolute atomic E-state index is 0.860. The maximum atomic E-state index is 2.46. The van der Waals surface area contributed by atoms with Gasteiger partial charge in [0.25, 0.3) is 0 Å². The van der Waals surface area contributed by atoms with Gasteiger partial charge in [0.15, 0.2) is 0 Å². The van der Waals surface area contributed by atoms with E-state index in [1.165, 1.54) is 32.1 Å². The highest BCUT2D eigenvalue weighted by atomic mass is 14.2. The highest BCUT2D eigenvalue weighted by Crippen LogP contribution is 2.29. The monoisotopic (exact) mass is 212 g/mol. The highest BCUT2D eigenvalue weighted by Gasteiger charge is 2.18. The quantitative estimate of drug-likeness (QED) is 0.497. The topological polar surface area (TPSA) is 0 Å². The van der Waals surface area contributed by atoms with Crippen molar-refractivity contribution in [2.45, 2.75) is 73.6 Å². The molecule has 0 bridgehead atoms. The third-order valence-corrected chi connectivity index (χ3v) is 3.66. The Morgan fingerprint density at radius 1 is 0.867 bits per heavy atom. The average molecular weight is 212 g/mol. The molecule has 0 aliphatic rings. The van der Waals surface area contributed by atoms with Gasteiger partial charge in [0.05, 0.1) is 0 Å². The molecular formula is C15H32. The molecule has 0 saturated carbocycles. The first-order valence-electron chi connectivity index (χ1n) is 7.01. The Morgan fingerprint density at radius 2 is 1.47 bits per heavy atom. The number of hydrogen-bond acceptors (Lipinski definition) is 0. The molecule has 0 heteroatoms. The molecule has 0 spiro atoms. The standard InChI is InChI=1S/C15H32/c1-7-9-13(5)11-14(6)15(8-2)10-12(3)4/h12-15H,7-11H2,1-6H3. The van der Waals surface area contributed by atoms with Crippen LogP contribution < -0.4 is 0 Å². The van der Waals surface area contributed by atoms with Crippen molar-refractivity contribution in [3.05, 3.63) is 0 Å². The molecule has 0 fully saturated rings. The van der Waals surface area contributed by atoms with Crippen molar-refractivity contribution in [1.29, 1.82) is 0 Å². The van der Waals surface area contributed by atoms with Gasteiger partial charge >= 0.3 is 0 Å². The average Bonchev–Trinajstić information content (AvgIpc) is 2.13. The summed E-state index contributed by atoms with van der Waals surface area (Å²) < 4.78 is 0. The molecule has 0 heterocycles. The second-order valence-electron chi connectivity index (χ2n) is 5.90. The molecule has 0 aliphatic heterocycles. The van der Waals surface area contributed by atoms with Crippen LogP contribution in [0.2, 0.25) is 0 Å². The van der Waals surface area contributed by atoms with E-state index in [0.29, 0.717) is 0 Å². The Labute approximate surface area is 97.8 Å². The van der Waals surface area contributed by atoms with Crippen LogP contribution in [-0.2, 0) is 0 Å². The molecule has 0 nitrogen and oxygen atoms in total. The number of rotatable bonds is 8. The normalized spacial score (nSPS) is 17.8. The molecule has 0 aliphatic carbocycles. The van der Waals surface area contributed by atoms with Crippen molar-refractivity contribution >= 4 is 0 Å². The third kappa shape index (κ3) is 6.98. The maximum Gasteiger partial charge on any atom is -0.0389 e. The van der Waals surface area contributed by atoms with Crippen LogP contribution in [0.3, 0.4) is 0 Å². The van der Waals surface area contributed by atoms with E-state index < -0.39 is 0 Å². The summed E-state index contributed by atoms with van der Waals surface area (Å²) in [5, 5.41) is 0. The summed E-state index contributed by atoms with van der Waals surface area (Å²) in [6.45, 7) is 14.2. The fourth-order valence-electron chi connectivity index (χ4n) is 2.84. The van der Waals surface area contributed by atoms with Crippen LogP contribution in [0.1, 0.15) is 73.6 Å². The molecule has 0 aromatic rings. The molecular weight excluding hydrogens is 180 g/mol. The molecule has 0 N–H and O–H groups in total. The van der Waals surface area contributed by atoms with Gasteiger partial charge < -0.3 is 0 Å². The molecule has 3 atom stereocenters. The van der Waals surface area contributed by atoms with Gasteiger partial charge in [-0.15, -0.1) is 0 Å². The third-order valence-electron chi connectivity index (χ3n) is 3.66. The zero-order valence-corrected chi connectivity index (χ0v) is 11.8. The van der Waals surface area contributed by atoms with Gasteiger partial charge in [0.1, 0.15) is 0 Å². The van der Waals surface area contributed by atoms with E-state index in [-0.39, 0.29) is 0 Å². The molecule has 0 aromatic heterocycles. The fraction of sp³-hybridized carbons (Fsp3) is 1.00. The molecule has 3 unspecified atom stereocenters. The first kappa shape index (κ1) is 15.0. The van der Waals surface area contributed by atoms with Crippen molar-refractivity contribution in [3.63, 3.8) is 0 Å². The minimum atomic E-state index is 0.860. The van der Waals surface area contributed by atoms with E-state index in [2.05, 4.69) is 41.5 Å². The first-order chi connectivity index (χ1) is 7.01. The Kier molecular flexibility index (Phi) is 8.19. The van der Waals surface area contributed by atoms with Crippen LogP contribution in [0.25, 0.3) is 0 Å². The molecule has 15 heavy (non-hydrogen) atoms. The zero-order valence-electron chi connectivity index (χ0n) is 11.8. The van der Waals surface area contributed by atoms with Gasteiger partial charge in [-0.05, 0) is 36.5 Å². The van der Waals surface area contributed by atoms with Gasteiger partial charge in [-0.3, -0.25) is 0 Å². The van der Waals surface area contributed by atoms with Crippen molar-refractivity contribution in [3.8, 4) is 0 Å². The molecule has 0 radical (unpaired) electrons. The molecule has 0 saturated heterocycles. The highest BCUT2D eigenvalue weighted by molar-refractivity contribution is 4.69. The molecule has 0 rings (SSSR count). The summed E-state index contributed by atoms with van der Waals surface area (Å²) in [5.74, 6) is 3.65. The van der Waals surface area contributed by atoms with Crippen LogP contribution in [-0.4, -0.2) is 0 Å². The van der Waals surface area contributed by atoms with Crippen molar-refractivity contribution < 1.29 is 0 Å². The smallest absolute Gasteiger partial charge is 0.0389 e. The Bertz CT molecular complexity index is 137. The Morgan fingerprint density at radius 3 is 1.87 bits per heavy atom. The maximum absolute atomic E-state index is 2.46. The lowest BCUT2D eigenvalue weighted by molar-refractivity contribution is 0.245. The van der Waals surface area contributed by atoms with E-state index in [1.54, 1.807) is 0 Å². The van der Waals surface area contributed by atoms with Gasteiger partial charge in [0.2, 0.25) is 0 Å². The Balaban J connectivity index is 3.97. The fourth-order valence-corrected chi connectivity index (χ4v) is 2.84. The molecule has 92 valence electrons. The SMILES string of the molecule is CCCC(C)CC(C)C(CC)CC(C)C. The molecule has 0 aromatic carbocycles. The molecule has 0 amide bonds. The predicted octanol–water partition coefficient (Wildman–Crippen LogP) is 5.52. The van der Waals surface area contributed by atoms with Crippen LogP contribution in [0.15, 0.2) is 0 Å². The van der Waals surface area contributed by atoms with Crippen molar-refractivity contribution in [2.24, 2.45) is 23.7 Å². The largest absolute Gasteiger partial charge is 0.0654 e. The van der Waals surface area contributed by atoms with Crippen LogP contribution >= 0.6 is 0 Å². The van der Waals surface area contributed by atoms with Crippen LogP contribution in [0, 0.1) is 23.7 Å². The second kappa shape index (κ2) is 8.19. The van der Waals surface area contributed by atoms with Crippen LogP contribution in [0.4, 0.5) is 0 Å². The predicted molar refractivity (Wildman–Crippen MR) is 71.1 cm³/mol. The van der Waals surface area contributed by atoms with E-state index in [1.807, 2.05) is 0 Å². The summed E-state index contributed by atoms with van der Waals surface area (Å²) in [6.07, 6.45) is 6.95. The summed E-state index contributed by atoms with van der Waals surface area (Å²) in [4.78, 5) is 0. The first-order valence-corrected chi connectivity index (χ1v) is 7.01. The summed E-state index contributed by atoms with van der Waals surface area (Å²) in [6, 6.07) is 0. The zero-order chi connectivity index (χ0) is 11.8. The summed E-state index contributed by atoms with van der Waals surface area (Å²) in [7, 11) is 0. The van der Waals surface area contributed by atoms with E-state index in [0.717, 1.165) is 23.7 Å². The summed E-state index contributed by atoms with van der Waals surface area (Å²) in [5.41, 5.74) is 0. The van der Waals surface area contributed by atoms with E-state index >= 15 is 0 Å². The lowest BCUT2D eigenvalue weighted by Crippen LogP contribution is -2.16. The second-order valence-corrected chi connectivity index (χ2v) is 5.90.